The van der Waals surface area contributed by atoms with Crippen molar-refractivity contribution in [3.63, 3.8) is 0 Å². The molecule has 3 rings (SSSR count). The molecule has 0 aromatic heterocycles. The fourth-order valence-corrected chi connectivity index (χ4v) is 4.65. The van der Waals surface area contributed by atoms with Gasteiger partial charge in [0.1, 0.15) is 6.54 Å². The van der Waals surface area contributed by atoms with E-state index >= 15 is 0 Å². The summed E-state index contributed by atoms with van der Waals surface area (Å²) in [5.74, 6) is -0.964. The predicted molar refractivity (Wildman–Crippen MR) is 119 cm³/mol. The minimum absolute atomic E-state index is 0.00796. The molecule has 0 bridgehead atoms. The molecule has 0 aliphatic rings. The van der Waals surface area contributed by atoms with E-state index < -0.39 is 44.8 Å². The number of amides is 1. The second-order valence-corrected chi connectivity index (χ2v) is 9.11. The molecule has 178 valence electrons. The van der Waals surface area contributed by atoms with Gasteiger partial charge in [-0.1, -0.05) is 35.9 Å². The number of non-ortho nitro benzene ring substituents is 1. The van der Waals surface area contributed by atoms with Gasteiger partial charge >= 0.3 is 6.18 Å². The molecular formula is C21H15ClF3N3O5S. The third kappa shape index (κ3) is 5.64. The molecule has 0 radical (unpaired) electrons. The summed E-state index contributed by atoms with van der Waals surface area (Å²) in [6, 6.07) is 13.7. The normalized spacial score (nSPS) is 11.6. The third-order valence-electron chi connectivity index (χ3n) is 4.50. The molecule has 0 aliphatic carbocycles. The number of nitro benzene ring substituents is 1. The maximum absolute atomic E-state index is 13.3. The number of alkyl halides is 3. The van der Waals surface area contributed by atoms with Gasteiger partial charge in [0.2, 0.25) is 5.91 Å². The SMILES string of the molecule is O=C(CN(c1cc(C(F)(F)F)ccc1Cl)S(=O)(=O)c1ccccc1)Nc1cccc([N+](=O)[O-])c1. The van der Waals surface area contributed by atoms with Gasteiger partial charge in [-0.3, -0.25) is 19.2 Å². The van der Waals surface area contributed by atoms with Crippen LogP contribution in [-0.4, -0.2) is 25.8 Å². The zero-order valence-electron chi connectivity index (χ0n) is 17.0. The molecule has 0 atom stereocenters. The van der Waals surface area contributed by atoms with E-state index in [1.54, 1.807) is 0 Å². The Labute approximate surface area is 196 Å². The van der Waals surface area contributed by atoms with Crippen molar-refractivity contribution in [1.29, 1.82) is 0 Å². The van der Waals surface area contributed by atoms with E-state index in [4.69, 9.17) is 11.6 Å². The third-order valence-corrected chi connectivity index (χ3v) is 6.59. The first-order valence-corrected chi connectivity index (χ1v) is 11.2. The van der Waals surface area contributed by atoms with E-state index in [1.807, 2.05) is 0 Å². The van der Waals surface area contributed by atoms with Crippen LogP contribution in [0.25, 0.3) is 0 Å². The smallest absolute Gasteiger partial charge is 0.324 e. The maximum atomic E-state index is 13.3. The summed E-state index contributed by atoms with van der Waals surface area (Å²) in [7, 11) is -4.54. The van der Waals surface area contributed by atoms with Crippen LogP contribution in [0.1, 0.15) is 5.56 Å². The van der Waals surface area contributed by atoms with Crippen molar-refractivity contribution in [2.75, 3.05) is 16.2 Å². The second kappa shape index (κ2) is 9.69. The van der Waals surface area contributed by atoms with Crippen LogP contribution in [-0.2, 0) is 21.0 Å². The summed E-state index contributed by atoms with van der Waals surface area (Å²) in [5.41, 5.74) is -2.06. The molecule has 1 N–H and O–H groups in total. The molecular weight excluding hydrogens is 499 g/mol. The van der Waals surface area contributed by atoms with Gasteiger partial charge in [-0.05, 0) is 36.4 Å². The highest BCUT2D eigenvalue weighted by molar-refractivity contribution is 7.92. The number of nitrogens with zero attached hydrogens (tertiary/aromatic N) is 2. The lowest BCUT2D eigenvalue weighted by Crippen LogP contribution is -2.38. The summed E-state index contributed by atoms with van der Waals surface area (Å²) in [4.78, 5) is 22.7. The number of carbonyl (C=O) groups excluding carboxylic acids is 1. The number of halogens is 4. The number of carbonyl (C=O) groups is 1. The van der Waals surface area contributed by atoms with Gasteiger partial charge in [0.05, 0.1) is 26.1 Å². The van der Waals surface area contributed by atoms with Crippen molar-refractivity contribution in [1.82, 2.24) is 0 Å². The van der Waals surface area contributed by atoms with Gasteiger partial charge in [-0.2, -0.15) is 13.2 Å². The Morgan fingerprint density at radius 2 is 1.71 bits per heavy atom. The molecule has 0 saturated carbocycles. The van der Waals surface area contributed by atoms with E-state index in [1.165, 1.54) is 48.5 Å². The molecule has 0 heterocycles. The zero-order chi connectivity index (χ0) is 25.1. The van der Waals surface area contributed by atoms with E-state index in [0.29, 0.717) is 16.4 Å². The quantitative estimate of drug-likeness (QED) is 0.349. The number of nitrogens with one attached hydrogen (secondary N) is 1. The highest BCUT2D eigenvalue weighted by atomic mass is 35.5. The Morgan fingerprint density at radius 3 is 2.32 bits per heavy atom. The number of rotatable bonds is 7. The van der Waals surface area contributed by atoms with Crippen LogP contribution >= 0.6 is 11.6 Å². The van der Waals surface area contributed by atoms with Crippen molar-refractivity contribution in [3.8, 4) is 0 Å². The topological polar surface area (TPSA) is 110 Å². The van der Waals surface area contributed by atoms with E-state index in [9.17, 15) is 36.5 Å². The van der Waals surface area contributed by atoms with Crippen molar-refractivity contribution >= 4 is 44.6 Å². The van der Waals surface area contributed by atoms with Crippen LogP contribution in [0.15, 0.2) is 77.7 Å². The molecule has 3 aromatic carbocycles. The lowest BCUT2D eigenvalue weighted by Gasteiger charge is -2.25. The monoisotopic (exact) mass is 513 g/mol. The highest BCUT2D eigenvalue weighted by Gasteiger charge is 2.34. The summed E-state index contributed by atoms with van der Waals surface area (Å²) in [6.07, 6.45) is -4.80. The Hall–Kier alpha value is -3.64. The van der Waals surface area contributed by atoms with Crippen LogP contribution in [0, 0.1) is 10.1 Å². The lowest BCUT2D eigenvalue weighted by atomic mass is 10.2. The first-order chi connectivity index (χ1) is 15.9. The van der Waals surface area contributed by atoms with E-state index in [0.717, 1.165) is 12.1 Å². The number of nitro groups is 1. The number of hydrogen-bond acceptors (Lipinski definition) is 5. The van der Waals surface area contributed by atoms with Crippen molar-refractivity contribution in [3.05, 3.63) is 93.5 Å². The van der Waals surface area contributed by atoms with Gasteiger partial charge in [0.15, 0.2) is 0 Å². The van der Waals surface area contributed by atoms with Crippen LogP contribution in [0.3, 0.4) is 0 Å². The Balaban J connectivity index is 2.04. The summed E-state index contributed by atoms with van der Waals surface area (Å²) < 4.78 is 66.9. The molecule has 0 aliphatic heterocycles. The van der Waals surface area contributed by atoms with E-state index in [2.05, 4.69) is 5.32 Å². The van der Waals surface area contributed by atoms with Crippen molar-refractivity contribution < 1.29 is 31.3 Å². The largest absolute Gasteiger partial charge is 0.416 e. The van der Waals surface area contributed by atoms with Crippen molar-refractivity contribution in [2.24, 2.45) is 0 Å². The average Bonchev–Trinajstić information content (AvgIpc) is 2.78. The molecule has 0 fully saturated rings. The maximum Gasteiger partial charge on any atom is 0.416 e. The van der Waals surface area contributed by atoms with Crippen LogP contribution in [0.4, 0.5) is 30.2 Å². The molecule has 0 unspecified atom stereocenters. The van der Waals surface area contributed by atoms with Crippen LogP contribution < -0.4 is 9.62 Å². The Morgan fingerprint density at radius 1 is 1.03 bits per heavy atom. The number of benzene rings is 3. The molecule has 1 amide bonds. The van der Waals surface area contributed by atoms with Crippen molar-refractivity contribution in [2.45, 2.75) is 11.1 Å². The fourth-order valence-electron chi connectivity index (χ4n) is 2.93. The minimum atomic E-state index is -4.80. The number of hydrogen-bond donors (Lipinski definition) is 1. The van der Waals surface area contributed by atoms with Gasteiger partial charge in [-0.15, -0.1) is 0 Å². The molecule has 34 heavy (non-hydrogen) atoms. The van der Waals surface area contributed by atoms with Gasteiger partial charge in [0.25, 0.3) is 15.7 Å². The summed E-state index contributed by atoms with van der Waals surface area (Å²) in [6.45, 7) is -0.957. The minimum Gasteiger partial charge on any atom is -0.324 e. The highest BCUT2D eigenvalue weighted by Crippen LogP contribution is 2.37. The van der Waals surface area contributed by atoms with Gasteiger partial charge in [0, 0.05) is 17.8 Å². The molecule has 13 heteroatoms. The lowest BCUT2D eigenvalue weighted by molar-refractivity contribution is -0.384. The Kier molecular flexibility index (Phi) is 7.12. The summed E-state index contributed by atoms with van der Waals surface area (Å²) >= 11 is 6.05. The predicted octanol–water partition coefficient (Wildman–Crippen LogP) is 5.10. The Bertz CT molecular complexity index is 1330. The fraction of sp³-hybridized carbons (Fsp3) is 0.0952. The second-order valence-electron chi connectivity index (χ2n) is 6.84. The van der Waals surface area contributed by atoms with Gasteiger partial charge in [-0.25, -0.2) is 8.42 Å². The number of anilines is 2. The molecule has 0 spiro atoms. The average molecular weight is 514 g/mol. The molecule has 0 saturated heterocycles. The molecule has 3 aromatic rings. The van der Waals surface area contributed by atoms with Crippen LogP contribution in [0.5, 0.6) is 0 Å². The van der Waals surface area contributed by atoms with E-state index in [-0.39, 0.29) is 21.3 Å². The van der Waals surface area contributed by atoms with Gasteiger partial charge < -0.3 is 5.32 Å². The first kappa shape index (κ1) is 25.0. The standard InChI is InChI=1S/C21H15ClF3N3O5S/c22-18-10-9-14(21(23,24)25)11-19(18)27(34(32,33)17-7-2-1-3-8-17)13-20(29)26-15-5-4-6-16(12-15)28(30)31/h1-12H,13H2,(H,26,29). The summed E-state index contributed by atoms with van der Waals surface area (Å²) in [5, 5.41) is 12.9. The first-order valence-electron chi connectivity index (χ1n) is 9.38. The number of sulfonamides is 1. The van der Waals surface area contributed by atoms with Crippen LogP contribution in [0.2, 0.25) is 5.02 Å². The zero-order valence-corrected chi connectivity index (χ0v) is 18.6. The molecule has 8 nitrogen and oxygen atoms in total.